The van der Waals surface area contributed by atoms with Crippen LogP contribution in [-0.2, 0) is 6.42 Å². The van der Waals surface area contributed by atoms with Gasteiger partial charge in [-0.2, -0.15) is 0 Å². The van der Waals surface area contributed by atoms with Crippen LogP contribution < -0.4 is 4.74 Å². The molecule has 1 aliphatic rings. The number of halogens is 1. The molecule has 1 heterocycles. The molecule has 0 fully saturated rings. The molecule has 0 saturated carbocycles. The van der Waals surface area contributed by atoms with Gasteiger partial charge in [0.25, 0.3) is 0 Å². The number of hydrogen-bond acceptors (Lipinski definition) is 3. The molecule has 0 aliphatic carbocycles. The maximum Gasteiger partial charge on any atom is 0.136 e. The minimum atomic E-state index is -0.654. The highest BCUT2D eigenvalue weighted by atomic mass is 79.9. The second-order valence-corrected chi connectivity index (χ2v) is 6.52. The fraction of sp³-hybridized carbons (Fsp3) is 0.500. The van der Waals surface area contributed by atoms with Crippen LogP contribution in [0.15, 0.2) is 21.5 Å². The molecule has 0 saturated heterocycles. The summed E-state index contributed by atoms with van der Waals surface area (Å²) in [6.45, 7) is 4.40. The Morgan fingerprint density at radius 1 is 1.50 bits per heavy atom. The van der Waals surface area contributed by atoms with Gasteiger partial charge >= 0.3 is 0 Å². The van der Waals surface area contributed by atoms with Gasteiger partial charge in [-0.05, 0) is 31.5 Å². The SMILES string of the molecule is CC(C)(O)CSc1cc(Br)cc2c1OCC2. The van der Waals surface area contributed by atoms with E-state index in [2.05, 4.69) is 28.1 Å². The zero-order valence-corrected chi connectivity index (χ0v) is 11.8. The number of ether oxygens (including phenoxy) is 1. The van der Waals surface area contributed by atoms with Crippen LogP contribution in [0.25, 0.3) is 0 Å². The highest BCUT2D eigenvalue weighted by Gasteiger charge is 2.20. The molecule has 88 valence electrons. The molecule has 1 N–H and O–H groups in total. The average molecular weight is 303 g/mol. The van der Waals surface area contributed by atoms with Crippen molar-refractivity contribution in [2.75, 3.05) is 12.4 Å². The Morgan fingerprint density at radius 3 is 2.94 bits per heavy atom. The standard InChI is InChI=1S/C12H15BrO2S/c1-12(2,14)7-16-10-6-9(13)5-8-3-4-15-11(8)10/h5-6,14H,3-4,7H2,1-2H3. The van der Waals surface area contributed by atoms with Crippen molar-refractivity contribution < 1.29 is 9.84 Å². The lowest BCUT2D eigenvalue weighted by Crippen LogP contribution is -2.21. The van der Waals surface area contributed by atoms with Gasteiger partial charge in [0.1, 0.15) is 5.75 Å². The van der Waals surface area contributed by atoms with Crippen LogP contribution in [0.5, 0.6) is 5.75 Å². The van der Waals surface area contributed by atoms with Crippen LogP contribution in [0.4, 0.5) is 0 Å². The molecule has 0 unspecified atom stereocenters. The van der Waals surface area contributed by atoms with Crippen molar-refractivity contribution in [2.24, 2.45) is 0 Å². The molecule has 0 amide bonds. The molecule has 0 atom stereocenters. The smallest absolute Gasteiger partial charge is 0.136 e. The molecule has 16 heavy (non-hydrogen) atoms. The zero-order valence-electron chi connectivity index (χ0n) is 9.42. The van der Waals surface area contributed by atoms with Crippen LogP contribution in [0, 0.1) is 0 Å². The third kappa shape index (κ3) is 2.93. The van der Waals surface area contributed by atoms with Crippen molar-refractivity contribution in [1.29, 1.82) is 0 Å². The van der Waals surface area contributed by atoms with Crippen LogP contribution in [0.2, 0.25) is 0 Å². The Bertz CT molecular complexity index is 399. The van der Waals surface area contributed by atoms with Crippen LogP contribution in [-0.4, -0.2) is 23.1 Å². The summed E-state index contributed by atoms with van der Waals surface area (Å²) in [4.78, 5) is 1.11. The molecule has 2 nitrogen and oxygen atoms in total. The number of hydrogen-bond donors (Lipinski definition) is 1. The lowest BCUT2D eigenvalue weighted by atomic mass is 10.2. The first-order valence-electron chi connectivity index (χ1n) is 5.26. The van der Waals surface area contributed by atoms with Crippen LogP contribution in [0.1, 0.15) is 19.4 Å². The Morgan fingerprint density at radius 2 is 2.25 bits per heavy atom. The third-order valence-electron chi connectivity index (χ3n) is 2.30. The molecule has 0 radical (unpaired) electrons. The molecule has 0 bridgehead atoms. The fourth-order valence-electron chi connectivity index (χ4n) is 1.60. The van der Waals surface area contributed by atoms with Gasteiger partial charge in [-0.3, -0.25) is 0 Å². The maximum absolute atomic E-state index is 9.72. The van der Waals surface area contributed by atoms with E-state index in [0.29, 0.717) is 5.75 Å². The average Bonchev–Trinajstić information content (AvgIpc) is 2.60. The Hall–Kier alpha value is -0.190. The number of rotatable bonds is 3. The van der Waals surface area contributed by atoms with Gasteiger partial charge in [-0.1, -0.05) is 15.9 Å². The Balaban J connectivity index is 2.21. The first kappa shape index (κ1) is 12.3. The van der Waals surface area contributed by atoms with E-state index in [0.717, 1.165) is 28.1 Å². The molecule has 1 aromatic carbocycles. The van der Waals surface area contributed by atoms with Gasteiger partial charge in [0.15, 0.2) is 0 Å². The summed E-state index contributed by atoms with van der Waals surface area (Å²) in [5, 5.41) is 9.72. The van der Waals surface area contributed by atoms with Crippen molar-refractivity contribution in [3.05, 3.63) is 22.2 Å². The Labute approximate surface area is 109 Å². The van der Waals surface area contributed by atoms with E-state index >= 15 is 0 Å². The predicted molar refractivity (Wildman–Crippen MR) is 70.4 cm³/mol. The van der Waals surface area contributed by atoms with Gasteiger partial charge in [0, 0.05) is 16.6 Å². The first-order chi connectivity index (χ1) is 7.46. The molecule has 1 aliphatic heterocycles. The van der Waals surface area contributed by atoms with Crippen LogP contribution >= 0.6 is 27.7 Å². The lowest BCUT2D eigenvalue weighted by Gasteiger charge is -2.17. The van der Waals surface area contributed by atoms with Gasteiger partial charge in [-0.15, -0.1) is 11.8 Å². The molecule has 0 aromatic heterocycles. The first-order valence-corrected chi connectivity index (χ1v) is 7.04. The Kier molecular flexibility index (Phi) is 3.52. The summed E-state index contributed by atoms with van der Waals surface area (Å²) in [6, 6.07) is 4.16. The van der Waals surface area contributed by atoms with E-state index in [1.807, 2.05) is 13.8 Å². The highest BCUT2D eigenvalue weighted by molar-refractivity contribution is 9.10. The van der Waals surface area contributed by atoms with Crippen molar-refractivity contribution in [3.63, 3.8) is 0 Å². The van der Waals surface area contributed by atoms with Gasteiger partial charge in [0.2, 0.25) is 0 Å². The highest BCUT2D eigenvalue weighted by Crippen LogP contribution is 2.39. The lowest BCUT2D eigenvalue weighted by molar-refractivity contribution is 0.107. The van der Waals surface area contributed by atoms with Crippen molar-refractivity contribution in [2.45, 2.75) is 30.8 Å². The number of benzene rings is 1. The minimum absolute atomic E-state index is 0.654. The molecular formula is C12H15BrO2S. The van der Waals surface area contributed by atoms with E-state index < -0.39 is 5.60 Å². The molecule has 4 heteroatoms. The van der Waals surface area contributed by atoms with Crippen LogP contribution in [0.3, 0.4) is 0 Å². The summed E-state index contributed by atoms with van der Waals surface area (Å²) in [6.07, 6.45) is 0.977. The quantitative estimate of drug-likeness (QED) is 0.869. The monoisotopic (exact) mass is 302 g/mol. The summed E-state index contributed by atoms with van der Waals surface area (Å²) >= 11 is 5.15. The predicted octanol–water partition coefficient (Wildman–Crippen LogP) is 3.25. The zero-order chi connectivity index (χ0) is 11.8. The molecular weight excluding hydrogens is 288 g/mol. The van der Waals surface area contributed by atoms with E-state index in [9.17, 15) is 5.11 Å². The molecule has 1 aromatic rings. The van der Waals surface area contributed by atoms with Gasteiger partial charge in [-0.25, -0.2) is 0 Å². The van der Waals surface area contributed by atoms with E-state index in [-0.39, 0.29) is 0 Å². The second kappa shape index (κ2) is 4.59. The normalized spacial score (nSPS) is 14.8. The third-order valence-corrected chi connectivity index (χ3v) is 4.22. The summed E-state index contributed by atoms with van der Waals surface area (Å²) in [5.41, 5.74) is 0.603. The van der Waals surface area contributed by atoms with E-state index in [1.165, 1.54) is 5.56 Å². The largest absolute Gasteiger partial charge is 0.492 e. The summed E-state index contributed by atoms with van der Waals surface area (Å²) in [5.74, 6) is 1.66. The van der Waals surface area contributed by atoms with E-state index in [4.69, 9.17) is 4.74 Å². The van der Waals surface area contributed by atoms with Crippen molar-refractivity contribution in [1.82, 2.24) is 0 Å². The maximum atomic E-state index is 9.72. The summed E-state index contributed by atoms with van der Waals surface area (Å²) in [7, 11) is 0. The van der Waals surface area contributed by atoms with Crippen molar-refractivity contribution in [3.8, 4) is 5.75 Å². The topological polar surface area (TPSA) is 29.5 Å². The fourth-order valence-corrected chi connectivity index (χ4v) is 3.29. The van der Waals surface area contributed by atoms with Gasteiger partial charge < -0.3 is 9.84 Å². The van der Waals surface area contributed by atoms with Gasteiger partial charge in [0.05, 0.1) is 17.1 Å². The minimum Gasteiger partial charge on any atom is -0.492 e. The van der Waals surface area contributed by atoms with Crippen molar-refractivity contribution >= 4 is 27.7 Å². The number of aliphatic hydroxyl groups is 1. The molecule has 2 rings (SSSR count). The molecule has 0 spiro atoms. The number of thioether (sulfide) groups is 1. The summed E-state index contributed by atoms with van der Waals surface area (Å²) < 4.78 is 6.71. The number of fused-ring (bicyclic) bond motifs is 1. The second-order valence-electron chi connectivity index (χ2n) is 4.59. The van der Waals surface area contributed by atoms with E-state index in [1.54, 1.807) is 11.8 Å².